The van der Waals surface area contributed by atoms with E-state index in [0.717, 1.165) is 6.42 Å². The zero-order valence-electron chi connectivity index (χ0n) is 39.2. The van der Waals surface area contributed by atoms with E-state index in [0.29, 0.717) is 13.0 Å². The van der Waals surface area contributed by atoms with Crippen LogP contribution >= 0.6 is 0 Å². The average Bonchev–Trinajstić information content (AvgIpc) is 3.68. The minimum absolute atomic E-state index is 0. The first-order valence-electron chi connectivity index (χ1n) is 22.4. The molecule has 0 radical (unpaired) electrons. The monoisotopic (exact) mass is 1000 g/mol. The van der Waals surface area contributed by atoms with Crippen LogP contribution in [0.15, 0.2) is 0 Å². The van der Waals surface area contributed by atoms with Crippen LogP contribution in [-0.4, -0.2) is 212 Å². The molecule has 0 aliphatic carbocycles. The fourth-order valence-electron chi connectivity index (χ4n) is 8.43. The van der Waals surface area contributed by atoms with E-state index >= 15 is 0 Å². The summed E-state index contributed by atoms with van der Waals surface area (Å²) >= 11 is 0. The molecule has 15 unspecified atom stereocenters. The highest BCUT2D eigenvalue weighted by Crippen LogP contribution is 2.46. The number of carbonyl (C=O) groups is 4. The number of hydrogen-bond donors (Lipinski definition) is 8. The highest BCUT2D eigenvalue weighted by molar-refractivity contribution is 5.83. The van der Waals surface area contributed by atoms with Gasteiger partial charge in [0, 0.05) is 20.1 Å². The molecule has 0 aromatic heterocycles. The molecule has 410 valence electrons. The van der Waals surface area contributed by atoms with Crippen LogP contribution in [0.3, 0.4) is 0 Å². The first kappa shape index (κ1) is 68.4. The summed E-state index contributed by atoms with van der Waals surface area (Å²) in [5.41, 5.74) is 8.17. The number of nitrogens with two attached hydrogens (primary N) is 2. The summed E-state index contributed by atoms with van der Waals surface area (Å²) in [6.07, 6.45) is -10.3. The molecule has 0 aromatic rings. The quantitative estimate of drug-likeness (QED) is 0.0409. The molecule has 3 aliphatic rings. The zero-order chi connectivity index (χ0) is 48.9. The number of ether oxygens (including phenoxy) is 9. The summed E-state index contributed by atoms with van der Waals surface area (Å²) in [7, 11) is 1.37. The first-order chi connectivity index (χ1) is 30.5. The molecule has 10 N–H and O–H groups in total. The van der Waals surface area contributed by atoms with Gasteiger partial charge < -0.3 is 89.6 Å². The Bertz CT molecular complexity index is 1510. The number of amides is 1. The van der Waals surface area contributed by atoms with Gasteiger partial charge in [0.25, 0.3) is 0 Å². The maximum Gasteiger partial charge on any atom is 0.311 e. The van der Waals surface area contributed by atoms with Crippen LogP contribution < -0.4 is 11.5 Å². The Kier molecular flexibility index (Phi) is 30.8. The summed E-state index contributed by atoms with van der Waals surface area (Å²) in [5, 5.41) is 61.5. The Morgan fingerprint density at radius 2 is 1.41 bits per heavy atom. The van der Waals surface area contributed by atoms with Crippen molar-refractivity contribution in [3.05, 3.63) is 0 Å². The maximum atomic E-state index is 13.7. The fourth-order valence-corrected chi connectivity index (χ4v) is 8.43. The normalized spacial score (nSPS) is 29.0. The predicted octanol–water partition coefficient (Wildman–Crippen LogP) is 0.429. The van der Waals surface area contributed by atoms with Crippen LogP contribution in [0.1, 0.15) is 110 Å². The van der Waals surface area contributed by atoms with E-state index in [1.165, 1.54) is 14.0 Å². The van der Waals surface area contributed by atoms with Crippen LogP contribution in [0.2, 0.25) is 0 Å². The molecule has 69 heavy (non-hydrogen) atoms. The van der Waals surface area contributed by atoms with Crippen LogP contribution in [0.4, 0.5) is 0 Å². The van der Waals surface area contributed by atoms with E-state index in [1.807, 2.05) is 0 Å². The van der Waals surface area contributed by atoms with E-state index in [4.69, 9.17) is 54.1 Å². The predicted molar refractivity (Wildman–Crippen MR) is 254 cm³/mol. The molecule has 3 saturated heterocycles. The van der Waals surface area contributed by atoms with Crippen molar-refractivity contribution in [3.8, 4) is 0 Å². The molecule has 22 nitrogen and oxygen atoms in total. The SMILES string of the molecule is C.C.C.C.CCC(C)(CC(C)(CC(C)(C)C(=O)OCC(O)COC(C)COCC1OC(OC2C(CO)OC(C)C(N)C2O)C(N)C(O)C1OC)C(=O)OCC(O)CO)C(=O)OCCN1CCCC1=O. The molecule has 0 aromatic carbocycles. The topological polar surface area (TPSA) is 328 Å². The standard InChI is InChI=1S/C43H77N3O19.4CH4/c1-9-42(6,39(55)59-14-13-46-12-10-11-30(46)51)23-43(7,40(56)62-18-26(49)15-47)22-41(4,5)38(54)61-20-27(50)19-60-24(2)17-58-21-29-35(57-8)34(53)32(45)37(64-29)65-36-28(16-48)63-25(3)31(44)33(36)52;;;;/h24-29,31-37,47-50,52-53H,9-23,44-45H2,1-8H3;4*1H4. The summed E-state index contributed by atoms with van der Waals surface area (Å²) in [5.74, 6) is -2.20. The molecule has 3 rings (SSSR count). The average molecular weight is 1000 g/mol. The second-order valence-corrected chi connectivity index (χ2v) is 18.7. The highest BCUT2D eigenvalue weighted by Gasteiger charge is 2.51. The number of aliphatic hydroxyl groups is 6. The van der Waals surface area contributed by atoms with E-state index in [-0.39, 0.29) is 87.8 Å². The van der Waals surface area contributed by atoms with Crippen LogP contribution in [0.5, 0.6) is 0 Å². The van der Waals surface area contributed by atoms with Crippen LogP contribution in [0.25, 0.3) is 0 Å². The molecule has 3 fully saturated rings. The molecular formula is C47H93N3O19. The lowest BCUT2D eigenvalue weighted by Gasteiger charge is -2.47. The number of esters is 3. The second kappa shape index (κ2) is 31.0. The number of carbonyl (C=O) groups excluding carboxylic acids is 4. The van der Waals surface area contributed by atoms with Crippen LogP contribution in [0, 0.1) is 16.2 Å². The van der Waals surface area contributed by atoms with E-state index in [2.05, 4.69) is 0 Å². The van der Waals surface area contributed by atoms with Gasteiger partial charge in [-0.1, -0.05) is 36.6 Å². The lowest BCUT2D eigenvalue weighted by atomic mass is 9.65. The van der Waals surface area contributed by atoms with Crippen molar-refractivity contribution in [1.29, 1.82) is 0 Å². The Hall–Kier alpha value is -2.68. The van der Waals surface area contributed by atoms with Gasteiger partial charge in [0.15, 0.2) is 6.29 Å². The number of methoxy groups -OCH3 is 1. The Labute approximate surface area is 410 Å². The van der Waals surface area contributed by atoms with Gasteiger partial charge in [0.1, 0.15) is 68.7 Å². The van der Waals surface area contributed by atoms with Gasteiger partial charge in [0.05, 0.1) is 80.1 Å². The van der Waals surface area contributed by atoms with Crippen molar-refractivity contribution in [2.24, 2.45) is 27.7 Å². The molecule has 3 aliphatic heterocycles. The summed E-state index contributed by atoms with van der Waals surface area (Å²) in [6.45, 7) is 9.60. The minimum Gasteiger partial charge on any atom is -0.463 e. The third-order valence-electron chi connectivity index (χ3n) is 12.4. The molecule has 22 heteroatoms. The molecule has 0 saturated carbocycles. The van der Waals surface area contributed by atoms with Gasteiger partial charge in [-0.15, -0.1) is 0 Å². The summed E-state index contributed by atoms with van der Waals surface area (Å²) in [6, 6.07) is -1.94. The van der Waals surface area contributed by atoms with Crippen molar-refractivity contribution in [3.63, 3.8) is 0 Å². The lowest BCUT2D eigenvalue weighted by Crippen LogP contribution is -2.67. The number of hydrogen-bond acceptors (Lipinski definition) is 21. The molecule has 0 bridgehead atoms. The Morgan fingerprint density at radius 1 is 0.812 bits per heavy atom. The van der Waals surface area contributed by atoms with Gasteiger partial charge in [-0.2, -0.15) is 0 Å². The molecular weight excluding hydrogens is 911 g/mol. The van der Waals surface area contributed by atoms with Crippen molar-refractivity contribution < 1.29 is 92.4 Å². The molecule has 0 spiro atoms. The van der Waals surface area contributed by atoms with Gasteiger partial charge in [-0.05, 0) is 67.2 Å². The van der Waals surface area contributed by atoms with Crippen molar-refractivity contribution in [2.75, 3.05) is 73.1 Å². The molecule has 3 heterocycles. The first-order valence-corrected chi connectivity index (χ1v) is 22.4. The van der Waals surface area contributed by atoms with Crippen LogP contribution in [-0.2, 0) is 61.8 Å². The largest absolute Gasteiger partial charge is 0.463 e. The highest BCUT2D eigenvalue weighted by atomic mass is 16.7. The van der Waals surface area contributed by atoms with E-state index in [9.17, 15) is 49.8 Å². The van der Waals surface area contributed by atoms with Gasteiger partial charge in [-0.25, -0.2) is 0 Å². The minimum atomic E-state index is -1.52. The van der Waals surface area contributed by atoms with E-state index < -0.39 is 140 Å². The van der Waals surface area contributed by atoms with E-state index in [1.54, 1.807) is 46.4 Å². The number of nitrogens with zero attached hydrogens (tertiary/aromatic N) is 1. The summed E-state index contributed by atoms with van der Waals surface area (Å²) in [4.78, 5) is 54.4. The lowest BCUT2D eigenvalue weighted by molar-refractivity contribution is -0.313. The Morgan fingerprint density at radius 3 is 1.97 bits per heavy atom. The third-order valence-corrected chi connectivity index (χ3v) is 12.4. The molecule has 15 atom stereocenters. The second-order valence-electron chi connectivity index (χ2n) is 18.7. The zero-order valence-corrected chi connectivity index (χ0v) is 39.2. The molecule has 1 amide bonds. The Balaban J connectivity index is 0. The third kappa shape index (κ3) is 19.0. The number of likely N-dealkylation sites (tertiary alicyclic amines) is 1. The van der Waals surface area contributed by atoms with Crippen molar-refractivity contribution >= 4 is 23.8 Å². The van der Waals surface area contributed by atoms with Gasteiger partial charge in [-0.3, -0.25) is 19.2 Å². The summed E-state index contributed by atoms with van der Waals surface area (Å²) < 4.78 is 51.1. The van der Waals surface area contributed by atoms with Gasteiger partial charge in [0.2, 0.25) is 5.91 Å². The van der Waals surface area contributed by atoms with Crippen molar-refractivity contribution in [2.45, 2.75) is 190 Å². The smallest absolute Gasteiger partial charge is 0.311 e. The maximum absolute atomic E-state index is 13.7. The van der Waals surface area contributed by atoms with Gasteiger partial charge >= 0.3 is 17.9 Å². The number of aliphatic hydroxyl groups excluding tert-OH is 6. The van der Waals surface area contributed by atoms with Crippen molar-refractivity contribution in [1.82, 2.24) is 4.90 Å². The fraction of sp³-hybridized carbons (Fsp3) is 0.915. The number of rotatable bonds is 27.